The molecular formula is C24H23BrF2O3. The average Bonchev–Trinajstić information content (AvgIpc) is 2.68. The van der Waals surface area contributed by atoms with Crippen molar-refractivity contribution in [2.45, 2.75) is 32.5 Å². The molecule has 158 valence electrons. The lowest BCUT2D eigenvalue weighted by atomic mass is 9.85. The van der Waals surface area contributed by atoms with Crippen LogP contribution < -0.4 is 9.47 Å². The highest BCUT2D eigenvalue weighted by Gasteiger charge is 2.26. The molecule has 3 rings (SSSR count). The first-order chi connectivity index (χ1) is 14.3. The number of benzene rings is 3. The summed E-state index contributed by atoms with van der Waals surface area (Å²) in [4.78, 5) is 0. The van der Waals surface area contributed by atoms with Crippen LogP contribution in [-0.4, -0.2) is 13.2 Å². The molecule has 0 unspecified atom stereocenters. The standard InChI is InChI=1S/C24H23BrF2O3/c1-24(2,21-12-11-18(25)14-22(21)30-23(26)27)16-28-15-17-7-6-10-20(13-17)29-19-8-4-3-5-9-19/h3-14,23H,15-16H2,1-2H3. The number of hydrogen-bond donors (Lipinski definition) is 0. The van der Waals surface area contributed by atoms with E-state index in [1.54, 1.807) is 18.2 Å². The fraction of sp³-hybridized carbons (Fsp3) is 0.250. The Morgan fingerprint density at radius 1 is 0.900 bits per heavy atom. The number of rotatable bonds is 9. The van der Waals surface area contributed by atoms with E-state index in [4.69, 9.17) is 14.2 Å². The summed E-state index contributed by atoms with van der Waals surface area (Å²) in [6.07, 6.45) is 0. The Morgan fingerprint density at radius 3 is 2.37 bits per heavy atom. The second kappa shape index (κ2) is 10.0. The Kier molecular flexibility index (Phi) is 7.45. The highest BCUT2D eigenvalue weighted by Crippen LogP contribution is 2.35. The van der Waals surface area contributed by atoms with Crippen molar-refractivity contribution in [3.63, 3.8) is 0 Å². The topological polar surface area (TPSA) is 27.7 Å². The number of para-hydroxylation sites is 1. The molecule has 30 heavy (non-hydrogen) atoms. The van der Waals surface area contributed by atoms with Crippen LogP contribution in [-0.2, 0) is 16.8 Å². The largest absolute Gasteiger partial charge is 0.457 e. The van der Waals surface area contributed by atoms with Gasteiger partial charge < -0.3 is 14.2 Å². The van der Waals surface area contributed by atoms with Crippen molar-refractivity contribution < 1.29 is 23.0 Å². The van der Waals surface area contributed by atoms with Crippen molar-refractivity contribution in [2.24, 2.45) is 0 Å². The summed E-state index contributed by atoms with van der Waals surface area (Å²) < 4.78 is 42.8. The van der Waals surface area contributed by atoms with E-state index >= 15 is 0 Å². The molecule has 0 saturated heterocycles. The van der Waals surface area contributed by atoms with Crippen LogP contribution in [0.25, 0.3) is 0 Å². The number of hydrogen-bond acceptors (Lipinski definition) is 3. The van der Waals surface area contributed by atoms with Gasteiger partial charge in [0.05, 0.1) is 13.2 Å². The van der Waals surface area contributed by atoms with E-state index < -0.39 is 12.0 Å². The quantitative estimate of drug-likeness (QED) is 0.323. The minimum absolute atomic E-state index is 0.145. The van der Waals surface area contributed by atoms with Gasteiger partial charge in [0.25, 0.3) is 0 Å². The molecule has 0 aromatic heterocycles. The maximum absolute atomic E-state index is 12.8. The first kappa shape index (κ1) is 22.2. The summed E-state index contributed by atoms with van der Waals surface area (Å²) >= 11 is 3.30. The van der Waals surface area contributed by atoms with Gasteiger partial charge in [0.1, 0.15) is 17.2 Å². The molecule has 0 heterocycles. The van der Waals surface area contributed by atoms with Gasteiger partial charge in [-0.2, -0.15) is 8.78 Å². The minimum atomic E-state index is -2.89. The number of alkyl halides is 2. The van der Waals surface area contributed by atoms with Crippen LogP contribution in [0.1, 0.15) is 25.0 Å². The van der Waals surface area contributed by atoms with Crippen LogP contribution in [0.15, 0.2) is 77.3 Å². The fourth-order valence-electron chi connectivity index (χ4n) is 3.07. The third kappa shape index (κ3) is 6.28. The summed E-state index contributed by atoms with van der Waals surface area (Å²) in [6.45, 7) is 1.68. The predicted molar refractivity (Wildman–Crippen MR) is 116 cm³/mol. The van der Waals surface area contributed by atoms with Gasteiger partial charge in [-0.25, -0.2) is 0 Å². The maximum Gasteiger partial charge on any atom is 0.387 e. The smallest absolute Gasteiger partial charge is 0.387 e. The normalized spacial score (nSPS) is 11.5. The zero-order valence-corrected chi connectivity index (χ0v) is 18.4. The van der Waals surface area contributed by atoms with E-state index in [2.05, 4.69) is 15.9 Å². The van der Waals surface area contributed by atoms with Crippen LogP contribution in [0.3, 0.4) is 0 Å². The lowest BCUT2D eigenvalue weighted by Gasteiger charge is -2.27. The zero-order valence-electron chi connectivity index (χ0n) is 16.8. The van der Waals surface area contributed by atoms with Crippen molar-refractivity contribution in [3.05, 3.63) is 88.4 Å². The lowest BCUT2D eigenvalue weighted by molar-refractivity contribution is -0.0514. The molecule has 0 aliphatic rings. The predicted octanol–water partition coefficient (Wildman–Crippen LogP) is 7.34. The molecule has 0 bridgehead atoms. The highest BCUT2D eigenvalue weighted by atomic mass is 79.9. The van der Waals surface area contributed by atoms with Gasteiger partial charge in [-0.1, -0.05) is 66.2 Å². The number of halogens is 3. The monoisotopic (exact) mass is 476 g/mol. The molecule has 3 aromatic carbocycles. The van der Waals surface area contributed by atoms with Crippen LogP contribution in [0, 0.1) is 0 Å². The molecule has 0 saturated carbocycles. The van der Waals surface area contributed by atoms with Crippen LogP contribution in [0.4, 0.5) is 8.78 Å². The van der Waals surface area contributed by atoms with Gasteiger partial charge in [-0.3, -0.25) is 0 Å². The van der Waals surface area contributed by atoms with Gasteiger partial charge in [0, 0.05) is 15.5 Å². The molecule has 6 heteroatoms. The fourth-order valence-corrected chi connectivity index (χ4v) is 3.41. The first-order valence-electron chi connectivity index (χ1n) is 9.48. The van der Waals surface area contributed by atoms with E-state index in [9.17, 15) is 8.78 Å². The van der Waals surface area contributed by atoms with E-state index in [0.29, 0.717) is 23.2 Å². The SMILES string of the molecule is CC(C)(COCc1cccc(Oc2ccccc2)c1)c1ccc(Br)cc1OC(F)F. The molecule has 0 N–H and O–H groups in total. The van der Waals surface area contributed by atoms with Crippen molar-refractivity contribution in [3.8, 4) is 17.2 Å². The van der Waals surface area contributed by atoms with Crippen LogP contribution in [0.2, 0.25) is 0 Å². The van der Waals surface area contributed by atoms with E-state index in [0.717, 1.165) is 17.1 Å². The summed E-state index contributed by atoms with van der Waals surface area (Å²) in [7, 11) is 0. The molecule has 0 aliphatic carbocycles. The van der Waals surface area contributed by atoms with Crippen LogP contribution in [0.5, 0.6) is 17.2 Å². The molecule has 3 aromatic rings. The Hall–Kier alpha value is -2.44. The molecule has 0 radical (unpaired) electrons. The first-order valence-corrected chi connectivity index (χ1v) is 10.3. The minimum Gasteiger partial charge on any atom is -0.457 e. The summed E-state index contributed by atoms with van der Waals surface area (Å²) in [6, 6.07) is 22.3. The van der Waals surface area contributed by atoms with E-state index in [-0.39, 0.29) is 5.75 Å². The van der Waals surface area contributed by atoms with Crippen LogP contribution >= 0.6 is 15.9 Å². The van der Waals surface area contributed by atoms with Crippen molar-refractivity contribution in [2.75, 3.05) is 6.61 Å². The second-order valence-corrected chi connectivity index (χ2v) is 8.37. The van der Waals surface area contributed by atoms with Gasteiger partial charge in [0.15, 0.2) is 0 Å². The Morgan fingerprint density at radius 2 is 1.63 bits per heavy atom. The second-order valence-electron chi connectivity index (χ2n) is 7.46. The molecule has 0 aliphatic heterocycles. The third-order valence-corrected chi connectivity index (χ3v) is 4.99. The zero-order chi connectivity index (χ0) is 21.6. The molecule has 0 spiro atoms. The summed E-state index contributed by atoms with van der Waals surface area (Å²) in [5.74, 6) is 1.63. The van der Waals surface area contributed by atoms with E-state index in [1.165, 1.54) is 0 Å². The summed E-state index contributed by atoms with van der Waals surface area (Å²) in [5.41, 5.74) is 1.09. The third-order valence-electron chi connectivity index (χ3n) is 4.50. The Balaban J connectivity index is 1.64. The van der Waals surface area contributed by atoms with Crippen molar-refractivity contribution in [1.29, 1.82) is 0 Å². The van der Waals surface area contributed by atoms with Gasteiger partial charge in [0.2, 0.25) is 0 Å². The van der Waals surface area contributed by atoms with Crippen molar-refractivity contribution >= 4 is 15.9 Å². The molecule has 3 nitrogen and oxygen atoms in total. The molecule has 0 amide bonds. The Labute approximate surface area is 183 Å². The lowest BCUT2D eigenvalue weighted by Crippen LogP contribution is -2.25. The Bertz CT molecular complexity index is 962. The average molecular weight is 477 g/mol. The van der Waals surface area contributed by atoms with E-state index in [1.807, 2.05) is 68.4 Å². The summed E-state index contributed by atoms with van der Waals surface area (Å²) in [5, 5.41) is 0. The molecule has 0 atom stereocenters. The van der Waals surface area contributed by atoms with Crippen molar-refractivity contribution in [1.82, 2.24) is 0 Å². The van der Waals surface area contributed by atoms with Gasteiger partial charge in [-0.05, 0) is 42.0 Å². The van der Waals surface area contributed by atoms with Gasteiger partial charge in [-0.15, -0.1) is 0 Å². The van der Waals surface area contributed by atoms with Gasteiger partial charge >= 0.3 is 6.61 Å². The molecule has 0 fully saturated rings. The number of ether oxygens (including phenoxy) is 3. The maximum atomic E-state index is 12.8. The molecular weight excluding hydrogens is 454 g/mol. The highest BCUT2D eigenvalue weighted by molar-refractivity contribution is 9.10.